The molecule has 0 radical (unpaired) electrons. The summed E-state index contributed by atoms with van der Waals surface area (Å²) in [6.45, 7) is 3.28. The summed E-state index contributed by atoms with van der Waals surface area (Å²) in [7, 11) is 0. The van der Waals surface area contributed by atoms with Crippen molar-refractivity contribution < 1.29 is 28.6 Å². The predicted octanol–water partition coefficient (Wildman–Crippen LogP) is 5.74. The minimum atomic E-state index is -1.34. The quantitative estimate of drug-likeness (QED) is 0.475. The minimum absolute atomic E-state index is 0.0199. The molecule has 1 saturated heterocycles. The number of nitrogens with one attached hydrogen (secondary N) is 1. The Kier molecular flexibility index (Phi) is 6.69. The number of aryl methyl sites for hydroxylation is 1. The summed E-state index contributed by atoms with van der Waals surface area (Å²) >= 11 is 0. The van der Waals surface area contributed by atoms with Gasteiger partial charge >= 0.3 is 6.16 Å². The number of ether oxygens (including phenoxy) is 2. The highest BCUT2D eigenvalue weighted by Gasteiger charge is 2.52. The van der Waals surface area contributed by atoms with Crippen LogP contribution in [0.5, 0.6) is 0 Å². The highest BCUT2D eigenvalue weighted by Crippen LogP contribution is 2.63. The first-order valence-electron chi connectivity index (χ1n) is 14.0. The summed E-state index contributed by atoms with van der Waals surface area (Å²) in [5.74, 6) is 1.00. The van der Waals surface area contributed by atoms with Crippen molar-refractivity contribution in [2.45, 2.75) is 63.4 Å². The zero-order chi connectivity index (χ0) is 27.2. The van der Waals surface area contributed by atoms with Crippen LogP contribution in [0.15, 0.2) is 42.7 Å². The topological polar surface area (TPSA) is 97.8 Å². The summed E-state index contributed by atoms with van der Waals surface area (Å²) < 4.78 is 24.5. The number of amides is 1. The molecular formula is C31H35FN2O5. The van der Waals surface area contributed by atoms with Crippen molar-refractivity contribution in [3.63, 3.8) is 0 Å². The van der Waals surface area contributed by atoms with Gasteiger partial charge in [0.15, 0.2) is 0 Å². The van der Waals surface area contributed by atoms with Gasteiger partial charge in [0.25, 0.3) is 5.91 Å². The molecule has 0 bridgehead atoms. The Morgan fingerprint density at radius 2 is 2.00 bits per heavy atom. The number of carboxylic acid groups (broad SMARTS) is 1. The van der Waals surface area contributed by atoms with Crippen molar-refractivity contribution in [2.75, 3.05) is 19.8 Å². The smallest absolute Gasteiger partial charge is 0.450 e. The van der Waals surface area contributed by atoms with Crippen molar-refractivity contribution in [2.24, 2.45) is 17.3 Å². The molecule has 1 amide bonds. The number of fused-ring (bicyclic) bond motifs is 5. The van der Waals surface area contributed by atoms with Gasteiger partial charge in [-0.2, -0.15) is 0 Å². The molecular weight excluding hydrogens is 499 g/mol. The number of benzene rings is 1. The Hall–Kier alpha value is -3.26. The Bertz CT molecular complexity index is 1320. The van der Waals surface area contributed by atoms with Crippen LogP contribution < -0.4 is 5.32 Å². The van der Waals surface area contributed by atoms with E-state index in [0.717, 1.165) is 37.7 Å². The van der Waals surface area contributed by atoms with E-state index < -0.39 is 11.8 Å². The van der Waals surface area contributed by atoms with Crippen LogP contribution >= 0.6 is 0 Å². The number of halogens is 1. The number of nitrogens with zero attached hydrogens (tertiary/aromatic N) is 1. The number of hydrogen-bond donors (Lipinski definition) is 2. The van der Waals surface area contributed by atoms with E-state index in [2.05, 4.69) is 29.4 Å². The molecule has 2 aromatic rings. The normalized spacial score (nSPS) is 28.9. The zero-order valence-corrected chi connectivity index (χ0v) is 22.2. The van der Waals surface area contributed by atoms with Gasteiger partial charge in [-0.1, -0.05) is 19.1 Å². The molecule has 3 aliphatic carbocycles. The molecule has 7 nitrogen and oxygen atoms in total. The fourth-order valence-electron chi connectivity index (χ4n) is 7.88. The fourth-order valence-corrected chi connectivity index (χ4v) is 7.88. The second-order valence-corrected chi connectivity index (χ2v) is 11.9. The van der Waals surface area contributed by atoms with Gasteiger partial charge in [0.2, 0.25) is 0 Å². The van der Waals surface area contributed by atoms with E-state index in [0.29, 0.717) is 49.4 Å². The number of carbonyl (C=O) groups excluding carboxylic acids is 1. The number of aromatic nitrogens is 1. The van der Waals surface area contributed by atoms with Gasteiger partial charge in [0.05, 0.1) is 26.0 Å². The van der Waals surface area contributed by atoms with E-state index in [4.69, 9.17) is 9.47 Å². The molecule has 1 aromatic carbocycles. The molecule has 1 aliphatic heterocycles. The van der Waals surface area contributed by atoms with Gasteiger partial charge in [0.1, 0.15) is 11.4 Å². The molecule has 0 spiro atoms. The van der Waals surface area contributed by atoms with E-state index in [1.807, 2.05) is 12.1 Å². The van der Waals surface area contributed by atoms with Gasteiger partial charge in [-0.15, -0.1) is 0 Å². The number of rotatable bonds is 5. The van der Waals surface area contributed by atoms with E-state index >= 15 is 0 Å². The number of allylic oxidation sites excluding steroid dienone is 2. The van der Waals surface area contributed by atoms with Crippen molar-refractivity contribution >= 4 is 17.6 Å². The molecule has 2 fully saturated rings. The first-order chi connectivity index (χ1) is 18.8. The predicted molar refractivity (Wildman–Crippen MR) is 143 cm³/mol. The Balaban J connectivity index is 1.16. The third-order valence-corrected chi connectivity index (χ3v) is 9.86. The van der Waals surface area contributed by atoms with Crippen LogP contribution in [0.1, 0.15) is 78.4 Å². The maximum Gasteiger partial charge on any atom is 0.506 e. The SMILES string of the molecule is C[C@]12CCC3c4ccc(C(=O)NCC5(OC(=O)O)CCOCC5)cc4CCC3C1CC=C2c1cncc(F)c1. The lowest BCUT2D eigenvalue weighted by Gasteiger charge is -2.50. The maximum atomic E-state index is 14.0. The van der Waals surface area contributed by atoms with Crippen molar-refractivity contribution in [3.8, 4) is 0 Å². The van der Waals surface area contributed by atoms with Crippen molar-refractivity contribution in [1.82, 2.24) is 10.3 Å². The van der Waals surface area contributed by atoms with E-state index in [9.17, 15) is 19.1 Å². The summed E-state index contributed by atoms with van der Waals surface area (Å²) in [6, 6.07) is 7.65. The van der Waals surface area contributed by atoms with Crippen LogP contribution in [0.3, 0.4) is 0 Å². The molecule has 4 aliphatic rings. The fraction of sp³-hybridized carbons (Fsp3) is 0.516. The zero-order valence-electron chi connectivity index (χ0n) is 22.2. The standard InChI is InChI=1S/C31H35FN2O5/c1-30-9-8-24-23-4-3-20(28(35)34-18-31(39-29(36)37)10-12-38-13-11-31)14-19(23)2-5-25(24)27(30)7-6-26(30)21-15-22(32)17-33-16-21/h3-4,6,14-17,24-25,27H,2,5,7-13,18H2,1H3,(H,34,35)(H,36,37)/t24?,25?,27?,30-/m1/s1. The molecule has 4 atom stereocenters. The average Bonchev–Trinajstić information content (AvgIpc) is 3.28. The van der Waals surface area contributed by atoms with Gasteiger partial charge in [-0.05, 0) is 95.7 Å². The molecule has 39 heavy (non-hydrogen) atoms. The van der Waals surface area contributed by atoms with Crippen LogP contribution in [0.4, 0.5) is 9.18 Å². The summed E-state index contributed by atoms with van der Waals surface area (Å²) in [5.41, 5.74) is 4.38. The minimum Gasteiger partial charge on any atom is -0.450 e. The van der Waals surface area contributed by atoms with Gasteiger partial charge < -0.3 is 19.9 Å². The van der Waals surface area contributed by atoms with Gasteiger partial charge in [-0.25, -0.2) is 9.18 Å². The summed E-state index contributed by atoms with van der Waals surface area (Å²) in [5, 5.41) is 12.1. The highest BCUT2D eigenvalue weighted by atomic mass is 19.1. The largest absolute Gasteiger partial charge is 0.506 e. The lowest BCUT2D eigenvalue weighted by atomic mass is 9.54. The van der Waals surface area contributed by atoms with Crippen LogP contribution in [0.25, 0.3) is 5.57 Å². The maximum absolute atomic E-state index is 14.0. The molecule has 1 saturated carbocycles. The van der Waals surface area contributed by atoms with E-state index in [-0.39, 0.29) is 23.7 Å². The van der Waals surface area contributed by atoms with Crippen LogP contribution in [-0.4, -0.2) is 47.5 Å². The molecule has 3 unspecified atom stereocenters. The Morgan fingerprint density at radius 3 is 2.77 bits per heavy atom. The third kappa shape index (κ3) is 4.73. The first-order valence-corrected chi connectivity index (χ1v) is 14.0. The van der Waals surface area contributed by atoms with E-state index in [1.54, 1.807) is 12.3 Å². The van der Waals surface area contributed by atoms with Gasteiger partial charge in [-0.3, -0.25) is 9.78 Å². The molecule has 2 N–H and O–H groups in total. The van der Waals surface area contributed by atoms with E-state index in [1.165, 1.54) is 22.9 Å². The van der Waals surface area contributed by atoms with Crippen LogP contribution in [-0.2, 0) is 15.9 Å². The average molecular weight is 535 g/mol. The number of pyridine rings is 1. The molecule has 6 rings (SSSR count). The monoisotopic (exact) mass is 534 g/mol. The summed E-state index contributed by atoms with van der Waals surface area (Å²) in [4.78, 5) is 28.4. The Morgan fingerprint density at radius 1 is 1.18 bits per heavy atom. The highest BCUT2D eigenvalue weighted by molar-refractivity contribution is 5.94. The number of carbonyl (C=O) groups is 2. The molecule has 8 heteroatoms. The second-order valence-electron chi connectivity index (χ2n) is 11.9. The summed E-state index contributed by atoms with van der Waals surface area (Å²) in [6.07, 6.45) is 9.95. The Labute approximate surface area is 227 Å². The second kappa shape index (κ2) is 10.0. The lowest BCUT2D eigenvalue weighted by molar-refractivity contribution is -0.0825. The molecule has 2 heterocycles. The number of hydrogen-bond acceptors (Lipinski definition) is 5. The van der Waals surface area contributed by atoms with Gasteiger partial charge in [0, 0.05) is 24.6 Å². The molecule has 1 aromatic heterocycles. The van der Waals surface area contributed by atoms with Crippen molar-refractivity contribution in [3.05, 3.63) is 70.8 Å². The van der Waals surface area contributed by atoms with Crippen LogP contribution in [0, 0.1) is 23.1 Å². The van der Waals surface area contributed by atoms with Crippen LogP contribution in [0.2, 0.25) is 0 Å². The lowest BCUT2D eigenvalue weighted by Crippen LogP contribution is -2.49. The van der Waals surface area contributed by atoms with Crippen molar-refractivity contribution in [1.29, 1.82) is 0 Å². The third-order valence-electron chi connectivity index (χ3n) is 9.86. The first kappa shape index (κ1) is 26.0. The molecule has 206 valence electrons.